The molecule has 0 aromatic heterocycles. The largest absolute Gasteiger partial charge is 0.495 e. The van der Waals surface area contributed by atoms with E-state index in [1.165, 1.54) is 25.3 Å². The summed E-state index contributed by atoms with van der Waals surface area (Å²) in [5.74, 6) is 0.488. The van der Waals surface area contributed by atoms with E-state index in [0.717, 1.165) is 19.4 Å². The molecule has 0 spiro atoms. The standard InChI is InChI=1S/C13H17N3O4S/c1-19-12-5-4-9(16(17)18)7-11(12)15-13(21)14-8-10-3-2-6-20-10/h4-5,7,10H,2-3,6,8H2,1H3,(H2,14,15,21). The molecule has 0 aliphatic carbocycles. The van der Waals surface area contributed by atoms with Crippen LogP contribution >= 0.6 is 12.2 Å². The summed E-state index contributed by atoms with van der Waals surface area (Å²) in [5.41, 5.74) is 0.428. The Labute approximate surface area is 127 Å². The van der Waals surface area contributed by atoms with Crippen LogP contribution in [0.5, 0.6) is 5.75 Å². The number of rotatable bonds is 5. The van der Waals surface area contributed by atoms with Crippen molar-refractivity contribution >= 4 is 28.7 Å². The van der Waals surface area contributed by atoms with E-state index in [1.807, 2.05) is 0 Å². The van der Waals surface area contributed by atoms with E-state index in [1.54, 1.807) is 0 Å². The SMILES string of the molecule is COc1ccc([N+](=O)[O-])cc1NC(=S)NCC1CCCO1. The first-order valence-corrected chi connectivity index (χ1v) is 7.00. The van der Waals surface area contributed by atoms with Crippen molar-refractivity contribution < 1.29 is 14.4 Å². The second kappa shape index (κ2) is 7.19. The number of ether oxygens (including phenoxy) is 2. The predicted molar refractivity (Wildman–Crippen MR) is 82.8 cm³/mol. The molecule has 0 saturated carbocycles. The summed E-state index contributed by atoms with van der Waals surface area (Å²) >= 11 is 5.18. The van der Waals surface area contributed by atoms with Gasteiger partial charge < -0.3 is 20.1 Å². The van der Waals surface area contributed by atoms with Gasteiger partial charge >= 0.3 is 0 Å². The maximum atomic E-state index is 10.8. The van der Waals surface area contributed by atoms with Gasteiger partial charge in [0.25, 0.3) is 5.69 Å². The zero-order valence-electron chi connectivity index (χ0n) is 11.6. The molecule has 1 fully saturated rings. The molecule has 1 unspecified atom stereocenters. The molecule has 8 heteroatoms. The van der Waals surface area contributed by atoms with Gasteiger partial charge in [-0.15, -0.1) is 0 Å². The molecule has 1 heterocycles. The number of hydrogen-bond donors (Lipinski definition) is 2. The van der Waals surface area contributed by atoms with Gasteiger partial charge in [-0.25, -0.2) is 0 Å². The lowest BCUT2D eigenvalue weighted by Crippen LogP contribution is -2.34. The Bertz CT molecular complexity index is 532. The van der Waals surface area contributed by atoms with Gasteiger partial charge in [-0.3, -0.25) is 10.1 Å². The van der Waals surface area contributed by atoms with Crippen LogP contribution in [0.2, 0.25) is 0 Å². The molecule has 21 heavy (non-hydrogen) atoms. The van der Waals surface area contributed by atoms with Crippen molar-refractivity contribution in [2.45, 2.75) is 18.9 Å². The van der Waals surface area contributed by atoms with E-state index in [2.05, 4.69) is 10.6 Å². The predicted octanol–water partition coefficient (Wildman–Crippen LogP) is 2.07. The molecule has 114 valence electrons. The lowest BCUT2D eigenvalue weighted by Gasteiger charge is -2.15. The molecule has 1 aromatic rings. The van der Waals surface area contributed by atoms with E-state index in [0.29, 0.717) is 23.1 Å². The number of methoxy groups -OCH3 is 1. The smallest absolute Gasteiger partial charge is 0.271 e. The van der Waals surface area contributed by atoms with Crippen LogP contribution < -0.4 is 15.4 Å². The Hall–Kier alpha value is -1.93. The van der Waals surface area contributed by atoms with Crippen molar-refractivity contribution in [2.24, 2.45) is 0 Å². The molecule has 2 N–H and O–H groups in total. The van der Waals surface area contributed by atoms with Crippen LogP contribution in [0.4, 0.5) is 11.4 Å². The van der Waals surface area contributed by atoms with Crippen molar-refractivity contribution in [1.29, 1.82) is 0 Å². The van der Waals surface area contributed by atoms with Gasteiger partial charge in [-0.2, -0.15) is 0 Å². The van der Waals surface area contributed by atoms with Gasteiger partial charge in [0.15, 0.2) is 5.11 Å². The van der Waals surface area contributed by atoms with Gasteiger partial charge in [0.1, 0.15) is 5.75 Å². The third-order valence-electron chi connectivity index (χ3n) is 3.16. The molecule has 1 aliphatic rings. The normalized spacial score (nSPS) is 17.3. The maximum absolute atomic E-state index is 10.8. The molecule has 0 amide bonds. The quantitative estimate of drug-likeness (QED) is 0.489. The number of nitrogens with zero attached hydrogens (tertiary/aromatic N) is 1. The first-order valence-electron chi connectivity index (χ1n) is 6.59. The zero-order chi connectivity index (χ0) is 15.2. The molecule has 1 aliphatic heterocycles. The summed E-state index contributed by atoms with van der Waals surface area (Å²) in [4.78, 5) is 10.3. The van der Waals surface area contributed by atoms with Gasteiger partial charge in [0.05, 0.1) is 23.8 Å². The summed E-state index contributed by atoms with van der Waals surface area (Å²) < 4.78 is 10.6. The van der Waals surface area contributed by atoms with Crippen LogP contribution in [-0.2, 0) is 4.74 Å². The average molecular weight is 311 g/mol. The Morgan fingerprint density at radius 3 is 3.05 bits per heavy atom. The van der Waals surface area contributed by atoms with Crippen LogP contribution in [0, 0.1) is 10.1 Å². The molecular formula is C13H17N3O4S. The van der Waals surface area contributed by atoms with Crippen molar-refractivity contribution in [2.75, 3.05) is 25.6 Å². The van der Waals surface area contributed by atoms with Gasteiger partial charge in [-0.05, 0) is 31.1 Å². The second-order valence-corrected chi connectivity index (χ2v) is 5.02. The number of nitro benzene ring substituents is 1. The van der Waals surface area contributed by atoms with E-state index in [4.69, 9.17) is 21.7 Å². The molecule has 1 aromatic carbocycles. The minimum absolute atomic E-state index is 0.0276. The Morgan fingerprint density at radius 2 is 2.43 bits per heavy atom. The average Bonchev–Trinajstić information content (AvgIpc) is 2.98. The molecule has 0 radical (unpaired) electrons. The van der Waals surface area contributed by atoms with Crippen LogP contribution in [-0.4, -0.2) is 36.4 Å². The molecular weight excluding hydrogens is 294 g/mol. The number of anilines is 1. The van der Waals surface area contributed by atoms with E-state index in [9.17, 15) is 10.1 Å². The first kappa shape index (κ1) is 15.5. The molecule has 1 atom stereocenters. The number of nitro groups is 1. The lowest BCUT2D eigenvalue weighted by atomic mass is 10.2. The van der Waals surface area contributed by atoms with E-state index in [-0.39, 0.29) is 11.8 Å². The summed E-state index contributed by atoms with van der Waals surface area (Å²) in [6, 6.07) is 4.30. The van der Waals surface area contributed by atoms with Crippen molar-refractivity contribution in [1.82, 2.24) is 5.32 Å². The fourth-order valence-electron chi connectivity index (χ4n) is 2.09. The highest BCUT2D eigenvalue weighted by molar-refractivity contribution is 7.80. The molecule has 0 bridgehead atoms. The Kier molecular flexibility index (Phi) is 5.29. The highest BCUT2D eigenvalue weighted by Gasteiger charge is 2.16. The van der Waals surface area contributed by atoms with Gasteiger partial charge in [-0.1, -0.05) is 0 Å². The van der Waals surface area contributed by atoms with Crippen molar-refractivity contribution in [3.63, 3.8) is 0 Å². The summed E-state index contributed by atoms with van der Waals surface area (Å²) in [6.45, 7) is 1.40. The number of benzene rings is 1. The highest BCUT2D eigenvalue weighted by Crippen LogP contribution is 2.28. The Morgan fingerprint density at radius 1 is 1.62 bits per heavy atom. The molecule has 7 nitrogen and oxygen atoms in total. The van der Waals surface area contributed by atoms with Crippen LogP contribution in [0.25, 0.3) is 0 Å². The summed E-state index contributed by atoms with van der Waals surface area (Å²) in [7, 11) is 1.50. The van der Waals surface area contributed by atoms with Crippen LogP contribution in [0.1, 0.15) is 12.8 Å². The second-order valence-electron chi connectivity index (χ2n) is 4.61. The van der Waals surface area contributed by atoms with Crippen molar-refractivity contribution in [3.8, 4) is 5.75 Å². The minimum atomic E-state index is -0.465. The van der Waals surface area contributed by atoms with Gasteiger partial charge in [0.2, 0.25) is 0 Å². The van der Waals surface area contributed by atoms with Crippen LogP contribution in [0.3, 0.4) is 0 Å². The zero-order valence-corrected chi connectivity index (χ0v) is 12.4. The van der Waals surface area contributed by atoms with Gasteiger partial charge in [0, 0.05) is 25.3 Å². The number of nitrogens with one attached hydrogen (secondary N) is 2. The third kappa shape index (κ3) is 4.27. The van der Waals surface area contributed by atoms with E-state index >= 15 is 0 Å². The highest BCUT2D eigenvalue weighted by atomic mass is 32.1. The monoisotopic (exact) mass is 311 g/mol. The topological polar surface area (TPSA) is 85.7 Å². The van der Waals surface area contributed by atoms with Crippen molar-refractivity contribution in [3.05, 3.63) is 28.3 Å². The summed E-state index contributed by atoms with van der Waals surface area (Å²) in [5, 5.41) is 17.1. The third-order valence-corrected chi connectivity index (χ3v) is 3.40. The summed E-state index contributed by atoms with van der Waals surface area (Å²) in [6.07, 6.45) is 2.23. The molecule has 2 rings (SSSR count). The maximum Gasteiger partial charge on any atom is 0.271 e. The number of thiocarbonyl (C=S) groups is 1. The number of hydrogen-bond acceptors (Lipinski definition) is 5. The number of non-ortho nitro benzene ring substituents is 1. The minimum Gasteiger partial charge on any atom is -0.495 e. The lowest BCUT2D eigenvalue weighted by molar-refractivity contribution is -0.384. The first-order chi connectivity index (χ1) is 10.1. The Balaban J connectivity index is 1.97. The fourth-order valence-corrected chi connectivity index (χ4v) is 2.28. The van der Waals surface area contributed by atoms with Crippen LogP contribution in [0.15, 0.2) is 18.2 Å². The molecule has 1 saturated heterocycles. The fraction of sp³-hybridized carbons (Fsp3) is 0.462. The van der Waals surface area contributed by atoms with E-state index < -0.39 is 4.92 Å².